The van der Waals surface area contributed by atoms with Gasteiger partial charge in [-0.2, -0.15) is 0 Å². The van der Waals surface area contributed by atoms with Crippen LogP contribution in [0.15, 0.2) is 24.5 Å². The van der Waals surface area contributed by atoms with E-state index >= 15 is 0 Å². The minimum absolute atomic E-state index is 0.281. The molecule has 16 heavy (non-hydrogen) atoms. The highest BCUT2D eigenvalue weighted by atomic mass is 16.4. The Morgan fingerprint density at radius 3 is 3.19 bits per heavy atom. The molecule has 2 rings (SSSR count). The van der Waals surface area contributed by atoms with Crippen LogP contribution in [0.2, 0.25) is 0 Å². The zero-order chi connectivity index (χ0) is 11.4. The quantitative estimate of drug-likeness (QED) is 0.827. The van der Waals surface area contributed by atoms with Crippen LogP contribution in [0, 0.1) is 0 Å². The molecule has 1 aliphatic heterocycles. The average Bonchev–Trinajstić information content (AvgIpc) is 2.76. The fourth-order valence-corrected chi connectivity index (χ4v) is 2.19. The molecule has 1 aliphatic rings. The average molecular weight is 220 g/mol. The molecule has 0 radical (unpaired) electrons. The smallest absolute Gasteiger partial charge is 0.320 e. The van der Waals surface area contributed by atoms with Gasteiger partial charge in [0.25, 0.3) is 0 Å². The Balaban J connectivity index is 1.88. The summed E-state index contributed by atoms with van der Waals surface area (Å²) in [6.45, 7) is 1.71. The summed E-state index contributed by atoms with van der Waals surface area (Å²) in [5.41, 5.74) is 1.17. The molecule has 4 nitrogen and oxygen atoms in total. The summed E-state index contributed by atoms with van der Waals surface area (Å²) in [4.78, 5) is 17.1. The van der Waals surface area contributed by atoms with E-state index in [-0.39, 0.29) is 6.04 Å². The molecule has 0 bridgehead atoms. The lowest BCUT2D eigenvalue weighted by Gasteiger charge is -2.20. The number of aliphatic carboxylic acids is 1. The van der Waals surface area contributed by atoms with Crippen molar-refractivity contribution in [2.24, 2.45) is 0 Å². The first-order chi connectivity index (χ1) is 7.77. The molecule has 1 aromatic rings. The number of hydrogen-bond acceptors (Lipinski definition) is 3. The molecule has 0 amide bonds. The molecule has 0 aliphatic carbocycles. The fraction of sp³-hybridized carbons (Fsp3) is 0.500. The van der Waals surface area contributed by atoms with Crippen LogP contribution in [-0.2, 0) is 11.2 Å². The summed E-state index contributed by atoms with van der Waals surface area (Å²) < 4.78 is 0. The van der Waals surface area contributed by atoms with Crippen LogP contribution >= 0.6 is 0 Å². The molecule has 1 N–H and O–H groups in total. The lowest BCUT2D eigenvalue weighted by Crippen LogP contribution is -2.37. The van der Waals surface area contributed by atoms with Gasteiger partial charge in [-0.15, -0.1) is 0 Å². The second kappa shape index (κ2) is 5.07. The summed E-state index contributed by atoms with van der Waals surface area (Å²) in [6, 6.07) is 3.66. The minimum Gasteiger partial charge on any atom is -0.480 e. The van der Waals surface area contributed by atoms with Gasteiger partial charge in [-0.05, 0) is 37.4 Å². The van der Waals surface area contributed by atoms with Crippen LogP contribution in [0.1, 0.15) is 18.4 Å². The third-order valence-electron chi connectivity index (χ3n) is 3.06. The number of carbonyl (C=O) groups is 1. The van der Waals surface area contributed by atoms with E-state index < -0.39 is 5.97 Å². The van der Waals surface area contributed by atoms with Crippen molar-refractivity contribution < 1.29 is 9.90 Å². The van der Waals surface area contributed by atoms with Gasteiger partial charge in [-0.3, -0.25) is 14.7 Å². The maximum absolute atomic E-state index is 11.0. The molecule has 1 atom stereocenters. The lowest BCUT2D eigenvalue weighted by molar-refractivity contribution is -0.142. The SMILES string of the molecule is O=C(O)C1CCCN1CCc1cccnc1. The molecule has 1 saturated heterocycles. The van der Waals surface area contributed by atoms with Gasteiger partial charge in [0.15, 0.2) is 0 Å². The van der Waals surface area contributed by atoms with E-state index in [4.69, 9.17) is 5.11 Å². The van der Waals surface area contributed by atoms with Gasteiger partial charge in [0.05, 0.1) is 0 Å². The maximum atomic E-state index is 11.0. The van der Waals surface area contributed by atoms with E-state index in [0.717, 1.165) is 32.4 Å². The second-order valence-electron chi connectivity index (χ2n) is 4.14. The second-order valence-corrected chi connectivity index (χ2v) is 4.14. The highest BCUT2D eigenvalue weighted by molar-refractivity contribution is 5.73. The zero-order valence-corrected chi connectivity index (χ0v) is 9.17. The lowest BCUT2D eigenvalue weighted by atomic mass is 10.2. The number of carboxylic acids is 1. The Morgan fingerprint density at radius 1 is 1.62 bits per heavy atom. The van der Waals surface area contributed by atoms with Crippen LogP contribution < -0.4 is 0 Å². The maximum Gasteiger partial charge on any atom is 0.320 e. The molecule has 0 aromatic carbocycles. The molecule has 0 saturated carbocycles. The first kappa shape index (κ1) is 11.1. The van der Waals surface area contributed by atoms with Crippen molar-refractivity contribution >= 4 is 5.97 Å². The number of aromatic nitrogens is 1. The van der Waals surface area contributed by atoms with Crippen LogP contribution in [-0.4, -0.2) is 40.1 Å². The van der Waals surface area contributed by atoms with Gasteiger partial charge < -0.3 is 5.11 Å². The van der Waals surface area contributed by atoms with E-state index in [9.17, 15) is 4.79 Å². The summed E-state index contributed by atoms with van der Waals surface area (Å²) in [7, 11) is 0. The molecule has 1 aromatic heterocycles. The molecule has 2 heterocycles. The van der Waals surface area contributed by atoms with Gasteiger partial charge in [0.2, 0.25) is 0 Å². The highest BCUT2D eigenvalue weighted by Gasteiger charge is 2.29. The number of pyridine rings is 1. The number of hydrogen-bond donors (Lipinski definition) is 1. The van der Waals surface area contributed by atoms with Crippen molar-refractivity contribution in [3.63, 3.8) is 0 Å². The summed E-state index contributed by atoms with van der Waals surface area (Å²) in [6.07, 6.45) is 6.23. The predicted octanol–water partition coefficient (Wildman–Crippen LogP) is 1.17. The summed E-state index contributed by atoms with van der Waals surface area (Å²) in [5, 5.41) is 9.03. The van der Waals surface area contributed by atoms with Gasteiger partial charge >= 0.3 is 5.97 Å². The van der Waals surface area contributed by atoms with Gasteiger partial charge in [-0.25, -0.2) is 0 Å². The van der Waals surface area contributed by atoms with E-state index in [1.54, 1.807) is 6.20 Å². The largest absolute Gasteiger partial charge is 0.480 e. The van der Waals surface area contributed by atoms with E-state index in [1.807, 2.05) is 18.3 Å². The first-order valence-electron chi connectivity index (χ1n) is 5.63. The van der Waals surface area contributed by atoms with E-state index in [2.05, 4.69) is 9.88 Å². The Hall–Kier alpha value is -1.42. The van der Waals surface area contributed by atoms with E-state index in [1.165, 1.54) is 5.56 Å². The summed E-state index contributed by atoms with van der Waals surface area (Å²) in [5.74, 6) is -0.691. The molecule has 86 valence electrons. The number of nitrogens with zero attached hydrogens (tertiary/aromatic N) is 2. The Bertz CT molecular complexity index is 353. The third kappa shape index (κ3) is 2.58. The van der Waals surface area contributed by atoms with Crippen LogP contribution in [0.3, 0.4) is 0 Å². The first-order valence-corrected chi connectivity index (χ1v) is 5.63. The molecular weight excluding hydrogens is 204 g/mol. The van der Waals surface area contributed by atoms with Crippen molar-refractivity contribution in [1.29, 1.82) is 0 Å². The Morgan fingerprint density at radius 2 is 2.50 bits per heavy atom. The molecule has 0 spiro atoms. The number of rotatable bonds is 4. The molecule has 4 heteroatoms. The molecule has 1 unspecified atom stereocenters. The Kier molecular flexibility index (Phi) is 3.51. The van der Waals surface area contributed by atoms with Crippen molar-refractivity contribution in [3.8, 4) is 0 Å². The predicted molar refractivity (Wildman–Crippen MR) is 60.2 cm³/mol. The van der Waals surface area contributed by atoms with Crippen LogP contribution in [0.4, 0.5) is 0 Å². The highest BCUT2D eigenvalue weighted by Crippen LogP contribution is 2.17. The van der Waals surface area contributed by atoms with Crippen molar-refractivity contribution in [2.45, 2.75) is 25.3 Å². The fourth-order valence-electron chi connectivity index (χ4n) is 2.19. The molecular formula is C12H16N2O2. The number of carboxylic acid groups (broad SMARTS) is 1. The van der Waals surface area contributed by atoms with Crippen molar-refractivity contribution in [2.75, 3.05) is 13.1 Å². The topological polar surface area (TPSA) is 53.4 Å². The van der Waals surface area contributed by atoms with Gasteiger partial charge in [0.1, 0.15) is 6.04 Å². The van der Waals surface area contributed by atoms with Crippen LogP contribution in [0.5, 0.6) is 0 Å². The van der Waals surface area contributed by atoms with Crippen molar-refractivity contribution in [1.82, 2.24) is 9.88 Å². The Labute approximate surface area is 94.9 Å². The number of likely N-dealkylation sites (tertiary alicyclic amines) is 1. The monoisotopic (exact) mass is 220 g/mol. The summed E-state index contributed by atoms with van der Waals surface area (Å²) >= 11 is 0. The van der Waals surface area contributed by atoms with Gasteiger partial charge in [-0.1, -0.05) is 6.07 Å². The van der Waals surface area contributed by atoms with Crippen LogP contribution in [0.25, 0.3) is 0 Å². The standard InChI is InChI=1S/C12H16N2O2/c15-12(16)11-4-2-7-14(11)8-5-10-3-1-6-13-9-10/h1,3,6,9,11H,2,4-5,7-8H2,(H,15,16). The van der Waals surface area contributed by atoms with Crippen molar-refractivity contribution in [3.05, 3.63) is 30.1 Å². The minimum atomic E-state index is -0.691. The zero-order valence-electron chi connectivity index (χ0n) is 9.17. The van der Waals surface area contributed by atoms with E-state index in [0.29, 0.717) is 0 Å². The normalized spacial score (nSPS) is 21.1. The van der Waals surface area contributed by atoms with Gasteiger partial charge in [0, 0.05) is 18.9 Å². The molecule has 1 fully saturated rings. The third-order valence-corrected chi connectivity index (χ3v) is 3.06.